The van der Waals surface area contributed by atoms with E-state index < -0.39 is 5.82 Å². The molecule has 0 amide bonds. The topological polar surface area (TPSA) is 22.3 Å². The summed E-state index contributed by atoms with van der Waals surface area (Å²) in [4.78, 5) is 5.32. The van der Waals surface area contributed by atoms with E-state index in [1.165, 1.54) is 10.8 Å². The molecule has 0 aliphatic carbocycles. The highest BCUT2D eigenvalue weighted by atomic mass is 19.1. The molecule has 2 aromatic rings. The van der Waals surface area contributed by atoms with Crippen LogP contribution in [0.15, 0.2) is 48.7 Å². The highest BCUT2D eigenvalue weighted by Gasteiger charge is 2.15. The molecule has 0 unspecified atom stereocenters. The number of nitrogens with zero attached hydrogens (tertiary/aromatic N) is 1. The van der Waals surface area contributed by atoms with Gasteiger partial charge in [-0.2, -0.15) is 0 Å². The summed E-state index contributed by atoms with van der Waals surface area (Å²) in [5.74, 6) is 0.200. The van der Waals surface area contributed by atoms with E-state index in [0.717, 1.165) is 0 Å². The van der Waals surface area contributed by atoms with Crippen LogP contribution in [0.1, 0.15) is 6.92 Å². The maximum atomic E-state index is 13.4. The molecule has 0 aliphatic heterocycles. The molecule has 2 rings (SSSR count). The van der Waals surface area contributed by atoms with Crippen LogP contribution >= 0.6 is 0 Å². The van der Waals surface area contributed by atoms with Crippen LogP contribution < -0.4 is 14.3 Å². The summed E-state index contributed by atoms with van der Waals surface area (Å²) < 4.78 is 20.3. The van der Waals surface area contributed by atoms with Crippen molar-refractivity contribution >= 4 is 0 Å². The van der Waals surface area contributed by atoms with Crippen LogP contribution in [0.4, 0.5) is 4.39 Å². The fourth-order valence-electron chi connectivity index (χ4n) is 1.38. The lowest BCUT2D eigenvalue weighted by atomic mass is 10.3. The molecule has 1 aromatic carbocycles. The smallest absolute Gasteiger partial charge is 0.399 e. The molecule has 0 bridgehead atoms. The number of rotatable bonds is 4. The van der Waals surface area contributed by atoms with E-state index in [0.29, 0.717) is 12.5 Å². The lowest BCUT2D eigenvalue weighted by molar-refractivity contribution is -0.892. The third kappa shape index (κ3) is 2.72. The van der Waals surface area contributed by atoms with Crippen LogP contribution in [0.5, 0.6) is 11.6 Å². The minimum atomic E-state index is -0.403. The SMILES string of the molecule is CCO[n+]1ccccc1Oc1ccccc1F. The Balaban J connectivity index is 2.27. The maximum absolute atomic E-state index is 13.4. The van der Waals surface area contributed by atoms with E-state index in [2.05, 4.69) is 0 Å². The number of para-hydroxylation sites is 1. The first-order valence-electron chi connectivity index (χ1n) is 5.37. The number of hydrogen-bond acceptors (Lipinski definition) is 2. The maximum Gasteiger partial charge on any atom is 0.422 e. The monoisotopic (exact) mass is 234 g/mol. The molecule has 4 heteroatoms. The summed E-state index contributed by atoms with van der Waals surface area (Å²) in [7, 11) is 0. The molecule has 0 atom stereocenters. The zero-order chi connectivity index (χ0) is 12.1. The average Bonchev–Trinajstić information content (AvgIpc) is 2.35. The average molecular weight is 234 g/mol. The van der Waals surface area contributed by atoms with Crippen molar-refractivity contribution in [2.75, 3.05) is 6.61 Å². The predicted molar refractivity (Wildman–Crippen MR) is 60.2 cm³/mol. The van der Waals surface area contributed by atoms with Gasteiger partial charge in [0.2, 0.25) is 6.20 Å². The van der Waals surface area contributed by atoms with Crippen LogP contribution in [-0.4, -0.2) is 6.61 Å². The normalized spacial score (nSPS) is 10.0. The molecular formula is C13H13FNO2+. The Bertz CT molecular complexity index is 502. The molecule has 0 saturated heterocycles. The summed E-state index contributed by atoms with van der Waals surface area (Å²) in [5.41, 5.74) is 0. The first-order valence-corrected chi connectivity index (χ1v) is 5.37. The number of benzene rings is 1. The Labute approximate surface area is 99.0 Å². The highest BCUT2D eigenvalue weighted by molar-refractivity contribution is 5.26. The fraction of sp³-hybridized carbons (Fsp3) is 0.154. The zero-order valence-electron chi connectivity index (χ0n) is 9.47. The van der Waals surface area contributed by atoms with Crippen LogP contribution in [0.25, 0.3) is 0 Å². The van der Waals surface area contributed by atoms with Gasteiger partial charge in [0.25, 0.3) is 0 Å². The van der Waals surface area contributed by atoms with Crippen LogP contribution in [0.3, 0.4) is 0 Å². The van der Waals surface area contributed by atoms with E-state index in [4.69, 9.17) is 9.57 Å². The Morgan fingerprint density at radius 1 is 1.12 bits per heavy atom. The lowest BCUT2D eigenvalue weighted by Crippen LogP contribution is -2.43. The molecule has 0 spiro atoms. The number of hydrogen-bond donors (Lipinski definition) is 0. The Morgan fingerprint density at radius 3 is 2.65 bits per heavy atom. The summed E-state index contributed by atoms with van der Waals surface area (Å²) in [6.45, 7) is 2.37. The Morgan fingerprint density at radius 2 is 1.88 bits per heavy atom. The standard InChI is InChI=1S/C13H13FNO2/c1-2-16-15-10-6-5-9-13(15)17-12-8-4-3-7-11(12)14/h3-10H,2H2,1H3/q+1. The third-order valence-corrected chi connectivity index (χ3v) is 2.11. The number of halogens is 1. The molecule has 88 valence electrons. The van der Waals surface area contributed by atoms with Crippen molar-refractivity contribution in [2.45, 2.75) is 6.92 Å². The van der Waals surface area contributed by atoms with Gasteiger partial charge in [0.1, 0.15) is 0 Å². The molecule has 1 heterocycles. The second-order valence-corrected chi connectivity index (χ2v) is 3.31. The van der Waals surface area contributed by atoms with Crippen molar-refractivity contribution < 1.29 is 18.7 Å². The number of aromatic nitrogens is 1. The molecule has 17 heavy (non-hydrogen) atoms. The van der Waals surface area contributed by atoms with Gasteiger partial charge in [0.05, 0.1) is 6.07 Å². The number of ether oxygens (including phenoxy) is 1. The second-order valence-electron chi connectivity index (χ2n) is 3.31. The lowest BCUT2D eigenvalue weighted by Gasteiger charge is -2.04. The van der Waals surface area contributed by atoms with Crippen molar-refractivity contribution in [1.82, 2.24) is 0 Å². The molecule has 0 fully saturated rings. The van der Waals surface area contributed by atoms with E-state index in [-0.39, 0.29) is 5.75 Å². The van der Waals surface area contributed by atoms with Crippen LogP contribution in [0.2, 0.25) is 0 Å². The summed E-state index contributed by atoms with van der Waals surface area (Å²) in [6.07, 6.45) is 1.71. The van der Waals surface area contributed by atoms with Gasteiger partial charge in [-0.1, -0.05) is 12.1 Å². The molecular weight excluding hydrogens is 221 g/mol. The van der Waals surface area contributed by atoms with E-state index >= 15 is 0 Å². The van der Waals surface area contributed by atoms with Crippen molar-refractivity contribution in [3.8, 4) is 11.6 Å². The van der Waals surface area contributed by atoms with Gasteiger partial charge in [0, 0.05) is 10.8 Å². The van der Waals surface area contributed by atoms with Gasteiger partial charge in [0.15, 0.2) is 18.2 Å². The van der Waals surface area contributed by atoms with Crippen LogP contribution in [0, 0.1) is 5.82 Å². The molecule has 3 nitrogen and oxygen atoms in total. The van der Waals surface area contributed by atoms with Crippen LogP contribution in [-0.2, 0) is 0 Å². The minimum absolute atomic E-state index is 0.173. The van der Waals surface area contributed by atoms with Crippen molar-refractivity contribution in [2.24, 2.45) is 0 Å². The van der Waals surface area contributed by atoms with Gasteiger partial charge in [-0.25, -0.2) is 4.39 Å². The Kier molecular flexibility index (Phi) is 3.55. The van der Waals surface area contributed by atoms with Gasteiger partial charge >= 0.3 is 5.88 Å². The van der Waals surface area contributed by atoms with Crippen molar-refractivity contribution in [3.63, 3.8) is 0 Å². The van der Waals surface area contributed by atoms with E-state index in [9.17, 15) is 4.39 Å². The second kappa shape index (κ2) is 5.30. The van der Waals surface area contributed by atoms with Crippen molar-refractivity contribution in [3.05, 3.63) is 54.5 Å². The third-order valence-electron chi connectivity index (χ3n) is 2.11. The highest BCUT2D eigenvalue weighted by Crippen LogP contribution is 2.20. The van der Waals surface area contributed by atoms with Gasteiger partial charge in [-0.3, -0.25) is 4.84 Å². The zero-order valence-corrected chi connectivity index (χ0v) is 9.47. The number of pyridine rings is 1. The predicted octanol–water partition coefficient (Wildman–Crippen LogP) is 2.35. The molecule has 0 radical (unpaired) electrons. The molecule has 0 saturated carbocycles. The largest absolute Gasteiger partial charge is 0.422 e. The minimum Gasteiger partial charge on any atom is -0.399 e. The molecule has 0 aliphatic rings. The Hall–Kier alpha value is -2.10. The summed E-state index contributed by atoms with van der Waals surface area (Å²) in [5, 5.41) is 0. The molecule has 0 N–H and O–H groups in total. The van der Waals surface area contributed by atoms with Gasteiger partial charge in [-0.15, -0.1) is 0 Å². The fourth-order valence-corrected chi connectivity index (χ4v) is 1.38. The van der Waals surface area contributed by atoms with Crippen molar-refractivity contribution in [1.29, 1.82) is 0 Å². The summed E-state index contributed by atoms with van der Waals surface area (Å²) >= 11 is 0. The van der Waals surface area contributed by atoms with E-state index in [1.54, 1.807) is 36.5 Å². The molecule has 1 aromatic heterocycles. The van der Waals surface area contributed by atoms with Gasteiger partial charge in [-0.05, 0) is 25.1 Å². The first kappa shape index (κ1) is 11.4. The summed E-state index contributed by atoms with van der Waals surface area (Å²) in [6, 6.07) is 11.6. The quantitative estimate of drug-likeness (QED) is 0.758. The van der Waals surface area contributed by atoms with E-state index in [1.807, 2.05) is 13.0 Å². The van der Waals surface area contributed by atoms with Gasteiger partial charge < -0.3 is 4.74 Å². The first-order chi connectivity index (χ1) is 8.31.